The lowest BCUT2D eigenvalue weighted by molar-refractivity contribution is -0.115. The van der Waals surface area contributed by atoms with Gasteiger partial charge in [-0.15, -0.1) is 13.2 Å². The molecule has 8 rings (SSSR count). The molecule has 8 aliphatic carbocycles. The second-order valence-corrected chi connectivity index (χ2v) is 17.2. The van der Waals surface area contributed by atoms with Crippen molar-refractivity contribution in [1.29, 1.82) is 0 Å². The van der Waals surface area contributed by atoms with Crippen LogP contribution in [0.25, 0.3) is 0 Å². The predicted molar refractivity (Wildman–Crippen MR) is 189 cm³/mol. The van der Waals surface area contributed by atoms with E-state index in [9.17, 15) is 20.1 Å². The van der Waals surface area contributed by atoms with Gasteiger partial charge < -0.3 is 15.3 Å². The third kappa shape index (κ3) is 4.46. The molecule has 252 valence electrons. The van der Waals surface area contributed by atoms with Crippen LogP contribution in [0.15, 0.2) is 95.7 Å². The number of aliphatic hydroxyl groups excluding tert-OH is 1. The molecule has 0 aliphatic heterocycles. The van der Waals surface area contributed by atoms with Crippen molar-refractivity contribution in [3.05, 3.63) is 95.7 Å². The first kappa shape index (κ1) is 33.0. The highest BCUT2D eigenvalue weighted by molar-refractivity contribution is 5.92. The van der Waals surface area contributed by atoms with Gasteiger partial charge in [0, 0.05) is 34.0 Å². The van der Waals surface area contributed by atoms with Gasteiger partial charge in [-0.3, -0.25) is 4.79 Å². The summed E-state index contributed by atoms with van der Waals surface area (Å²) in [5.74, 6) is 2.19. The van der Waals surface area contributed by atoms with Gasteiger partial charge in [0.1, 0.15) is 0 Å². The molecular formula is C43H56O4. The van der Waals surface area contributed by atoms with Crippen molar-refractivity contribution in [3.63, 3.8) is 0 Å². The maximum Gasteiger partial charge on any atom is 0.156 e. The number of hydrogen-bond acceptors (Lipinski definition) is 4. The predicted octanol–water partition coefficient (Wildman–Crippen LogP) is 8.45. The van der Waals surface area contributed by atoms with Gasteiger partial charge in [0.05, 0.1) is 17.8 Å². The lowest BCUT2D eigenvalue weighted by atomic mass is 9.52. The Hall–Kier alpha value is -2.53. The van der Waals surface area contributed by atoms with E-state index in [2.05, 4.69) is 77.3 Å². The van der Waals surface area contributed by atoms with Crippen molar-refractivity contribution in [1.82, 2.24) is 0 Å². The zero-order chi connectivity index (χ0) is 33.6. The highest BCUT2D eigenvalue weighted by atomic mass is 16.3. The van der Waals surface area contributed by atoms with Crippen LogP contribution in [-0.4, -0.2) is 38.9 Å². The first-order valence-electron chi connectivity index (χ1n) is 18.3. The third-order valence-corrected chi connectivity index (χ3v) is 15.5. The Kier molecular flexibility index (Phi) is 7.71. The van der Waals surface area contributed by atoms with Gasteiger partial charge in [-0.25, -0.2) is 0 Å². The van der Waals surface area contributed by atoms with Crippen LogP contribution in [0.5, 0.6) is 0 Å². The standard InChI is InChI=1S/C22H30O2.C21H26O2/c1-4-22(24)12-9-19-17-6-5-16-13-15(14-23)7-10-20(16,2)18(17)8-11-21(19,22)3;1-4-21(23)12-9-18-16-6-5-14-13-15(22)7-10-19(14,2)17(16)8-11-20(18,21)3/h4-5,8,13,17,19,23-24H,1,6-7,9-12,14H2,2-3H3;4-6,8,13,16,18,23H,1,7,9-12H2,2-3H3/t17?,19?,20-,21-,22-;16?,18?,19-,20-,21-/m00/s1. The van der Waals surface area contributed by atoms with Gasteiger partial charge in [-0.05, 0) is 105 Å². The van der Waals surface area contributed by atoms with Crippen molar-refractivity contribution < 1.29 is 20.1 Å². The van der Waals surface area contributed by atoms with Crippen LogP contribution in [0.1, 0.15) is 98.3 Å². The van der Waals surface area contributed by atoms with Crippen LogP contribution in [0.4, 0.5) is 0 Å². The third-order valence-electron chi connectivity index (χ3n) is 15.5. The van der Waals surface area contributed by atoms with E-state index in [0.29, 0.717) is 30.1 Å². The first-order valence-corrected chi connectivity index (χ1v) is 18.3. The highest BCUT2D eigenvalue weighted by Gasteiger charge is 2.61. The number of carbonyl (C=O) groups is 1. The summed E-state index contributed by atoms with van der Waals surface area (Å²) in [4.78, 5) is 11.8. The Morgan fingerprint density at radius 2 is 1.38 bits per heavy atom. The molecule has 0 saturated heterocycles. The molecule has 10 atom stereocenters. The number of carbonyl (C=O) groups excluding carboxylic acids is 1. The van der Waals surface area contributed by atoms with Crippen molar-refractivity contribution in [2.24, 2.45) is 45.3 Å². The largest absolute Gasteiger partial charge is 0.392 e. The van der Waals surface area contributed by atoms with Crippen LogP contribution >= 0.6 is 0 Å². The molecule has 3 N–H and O–H groups in total. The molecule has 2 saturated carbocycles. The quantitative estimate of drug-likeness (QED) is 0.272. The summed E-state index contributed by atoms with van der Waals surface area (Å²) in [6, 6.07) is 0. The van der Waals surface area contributed by atoms with E-state index >= 15 is 0 Å². The molecule has 2 fully saturated rings. The molecule has 0 heterocycles. The first-order chi connectivity index (χ1) is 22.2. The molecule has 4 unspecified atom stereocenters. The summed E-state index contributed by atoms with van der Waals surface area (Å²) in [6.07, 6.45) is 29.7. The van der Waals surface area contributed by atoms with E-state index in [1.165, 1.54) is 22.3 Å². The lowest BCUT2D eigenvalue weighted by Gasteiger charge is -2.53. The maximum absolute atomic E-state index is 11.8. The Morgan fingerprint density at radius 3 is 2.04 bits per heavy atom. The summed E-state index contributed by atoms with van der Waals surface area (Å²) in [7, 11) is 0. The van der Waals surface area contributed by atoms with Crippen LogP contribution in [0, 0.1) is 45.3 Å². The molecule has 0 amide bonds. The van der Waals surface area contributed by atoms with E-state index in [0.717, 1.165) is 64.2 Å². The average Bonchev–Trinajstić information content (AvgIpc) is 3.50. The number of aliphatic hydroxyl groups is 3. The minimum absolute atomic E-state index is 0.00351. The molecule has 0 bridgehead atoms. The van der Waals surface area contributed by atoms with Crippen molar-refractivity contribution in [3.8, 4) is 0 Å². The lowest BCUT2D eigenvalue weighted by Crippen LogP contribution is -2.49. The van der Waals surface area contributed by atoms with Crippen molar-refractivity contribution in [2.75, 3.05) is 6.61 Å². The zero-order valence-corrected chi connectivity index (χ0v) is 29.2. The molecule has 4 heteroatoms. The second kappa shape index (κ2) is 11.0. The van der Waals surface area contributed by atoms with Crippen molar-refractivity contribution >= 4 is 5.78 Å². The number of fused-ring (bicyclic) bond motifs is 10. The van der Waals surface area contributed by atoms with Crippen LogP contribution in [-0.2, 0) is 4.79 Å². The molecule has 0 aromatic heterocycles. The minimum Gasteiger partial charge on any atom is -0.392 e. The fourth-order valence-corrected chi connectivity index (χ4v) is 11.9. The Balaban J connectivity index is 0.000000150. The van der Waals surface area contributed by atoms with Gasteiger partial charge in [0.15, 0.2) is 5.78 Å². The zero-order valence-electron chi connectivity index (χ0n) is 29.2. The average molecular weight is 637 g/mol. The number of allylic oxidation sites excluding steroid dienone is 11. The molecule has 47 heavy (non-hydrogen) atoms. The summed E-state index contributed by atoms with van der Waals surface area (Å²) in [5.41, 5.74) is 5.27. The highest BCUT2D eigenvalue weighted by Crippen LogP contribution is 2.66. The topological polar surface area (TPSA) is 77.8 Å². The Morgan fingerprint density at radius 1 is 0.787 bits per heavy atom. The monoisotopic (exact) mass is 636 g/mol. The second-order valence-electron chi connectivity index (χ2n) is 17.2. The fourth-order valence-electron chi connectivity index (χ4n) is 11.9. The van der Waals surface area contributed by atoms with E-state index in [4.69, 9.17) is 0 Å². The Bertz CT molecular complexity index is 1590. The van der Waals surface area contributed by atoms with Gasteiger partial charge in [0.25, 0.3) is 0 Å². The molecule has 0 spiro atoms. The van der Waals surface area contributed by atoms with E-state index in [1.807, 2.05) is 6.08 Å². The summed E-state index contributed by atoms with van der Waals surface area (Å²) in [5, 5.41) is 31.6. The molecular weight excluding hydrogens is 580 g/mol. The molecule has 8 aliphatic rings. The van der Waals surface area contributed by atoms with Gasteiger partial charge in [-0.2, -0.15) is 0 Å². The molecule has 4 nitrogen and oxygen atoms in total. The maximum atomic E-state index is 11.8. The van der Waals surface area contributed by atoms with Crippen LogP contribution in [0.2, 0.25) is 0 Å². The van der Waals surface area contributed by atoms with Gasteiger partial charge >= 0.3 is 0 Å². The fraction of sp³-hybridized carbons (Fsp3) is 0.605. The number of hydrogen-bond donors (Lipinski definition) is 3. The summed E-state index contributed by atoms with van der Waals surface area (Å²) < 4.78 is 0. The van der Waals surface area contributed by atoms with E-state index < -0.39 is 11.2 Å². The number of rotatable bonds is 3. The van der Waals surface area contributed by atoms with Crippen molar-refractivity contribution in [2.45, 2.75) is 110 Å². The van der Waals surface area contributed by atoms with Gasteiger partial charge in [-0.1, -0.05) is 87.4 Å². The SMILES string of the molecule is C=C[C@]1(O)CCC2C3C=CC4=CC(=O)CC[C@]4(C)C3=CC[C@@]21C.C=C[C@]1(O)CCC2C3CC=C4C=C(CO)CC[C@]4(C)C3=CC[C@@]21C. The molecule has 0 aromatic rings. The van der Waals surface area contributed by atoms with E-state index in [1.54, 1.807) is 17.7 Å². The van der Waals surface area contributed by atoms with Gasteiger partial charge in [0.2, 0.25) is 0 Å². The smallest absolute Gasteiger partial charge is 0.156 e. The summed E-state index contributed by atoms with van der Waals surface area (Å²) in [6.45, 7) is 17.2. The summed E-state index contributed by atoms with van der Waals surface area (Å²) >= 11 is 0. The van der Waals surface area contributed by atoms with Crippen LogP contribution in [0.3, 0.4) is 0 Å². The van der Waals surface area contributed by atoms with E-state index in [-0.39, 0.29) is 34.1 Å². The minimum atomic E-state index is -0.757. The number of ketones is 1. The molecule has 0 aromatic carbocycles. The molecule has 0 radical (unpaired) electrons. The van der Waals surface area contributed by atoms with Crippen LogP contribution < -0.4 is 0 Å². The Labute approximate surface area is 282 Å². The normalized spacial score (nSPS) is 47.5.